The van der Waals surface area contributed by atoms with E-state index in [1.54, 1.807) is 6.92 Å². The van der Waals surface area contributed by atoms with Crippen LogP contribution < -0.4 is 15.6 Å². The van der Waals surface area contributed by atoms with E-state index in [4.69, 9.17) is 4.74 Å². The van der Waals surface area contributed by atoms with Gasteiger partial charge in [0, 0.05) is 11.4 Å². The third kappa shape index (κ3) is 4.66. The molecule has 0 saturated heterocycles. The second kappa shape index (κ2) is 8.73. The Kier molecular flexibility index (Phi) is 6.26. The molecule has 0 bridgehead atoms. The maximum atomic E-state index is 13.3. The molecule has 0 atom stereocenters. The topological polar surface area (TPSA) is 94.5 Å². The number of sulfone groups is 1. The number of rotatable bonds is 6. The standard InChI is InChI=1S/C22H21FN2O5S/c1-14-11-15(2)25(13-20(26)24-17-6-4-5-16(23)12-17)22(27)21(14)31(28,29)19-9-7-18(30-3)8-10-19/h4-12H,13H2,1-3H3,(H,24,26). The van der Waals surface area contributed by atoms with E-state index in [2.05, 4.69) is 5.32 Å². The average molecular weight is 444 g/mol. The lowest BCUT2D eigenvalue weighted by atomic mass is 10.2. The number of carbonyl (C=O) groups excluding carboxylic acids is 1. The largest absolute Gasteiger partial charge is 0.497 e. The van der Waals surface area contributed by atoms with Gasteiger partial charge in [0.1, 0.15) is 23.0 Å². The highest BCUT2D eigenvalue weighted by atomic mass is 32.2. The number of pyridine rings is 1. The van der Waals surface area contributed by atoms with Gasteiger partial charge in [-0.25, -0.2) is 12.8 Å². The molecular formula is C22H21FN2O5S. The zero-order valence-corrected chi connectivity index (χ0v) is 18.0. The molecular weight excluding hydrogens is 423 g/mol. The third-order valence-corrected chi connectivity index (χ3v) is 6.62. The predicted molar refractivity (Wildman–Crippen MR) is 114 cm³/mol. The summed E-state index contributed by atoms with van der Waals surface area (Å²) in [6, 6.07) is 12.5. The first-order valence-corrected chi connectivity index (χ1v) is 10.8. The fraction of sp³-hybridized carbons (Fsp3) is 0.182. The van der Waals surface area contributed by atoms with Gasteiger partial charge in [-0.05, 0) is 67.9 Å². The Balaban J connectivity index is 1.99. The predicted octanol–water partition coefficient (Wildman–Crippen LogP) is 3.08. The zero-order valence-electron chi connectivity index (χ0n) is 17.2. The number of ether oxygens (including phenoxy) is 1. The number of hydrogen-bond donors (Lipinski definition) is 1. The van der Waals surface area contributed by atoms with Crippen LogP contribution in [0.25, 0.3) is 0 Å². The van der Waals surface area contributed by atoms with E-state index in [9.17, 15) is 22.4 Å². The van der Waals surface area contributed by atoms with Crippen molar-refractivity contribution >= 4 is 21.4 Å². The van der Waals surface area contributed by atoms with E-state index in [0.29, 0.717) is 11.4 Å². The van der Waals surface area contributed by atoms with Crippen LogP contribution in [-0.4, -0.2) is 26.0 Å². The monoisotopic (exact) mass is 444 g/mol. The minimum atomic E-state index is -4.14. The van der Waals surface area contributed by atoms with Crippen molar-refractivity contribution in [1.29, 1.82) is 0 Å². The highest BCUT2D eigenvalue weighted by molar-refractivity contribution is 7.91. The Hall–Kier alpha value is -3.46. The van der Waals surface area contributed by atoms with Crippen molar-refractivity contribution in [1.82, 2.24) is 4.57 Å². The number of nitrogens with one attached hydrogen (secondary N) is 1. The van der Waals surface area contributed by atoms with Crippen molar-refractivity contribution in [3.05, 3.63) is 82.0 Å². The smallest absolute Gasteiger partial charge is 0.270 e. The molecule has 31 heavy (non-hydrogen) atoms. The van der Waals surface area contributed by atoms with Gasteiger partial charge in [-0.3, -0.25) is 9.59 Å². The molecule has 0 aliphatic rings. The summed E-state index contributed by atoms with van der Waals surface area (Å²) >= 11 is 0. The Morgan fingerprint density at radius 3 is 2.39 bits per heavy atom. The van der Waals surface area contributed by atoms with E-state index in [-0.39, 0.29) is 16.1 Å². The summed E-state index contributed by atoms with van der Waals surface area (Å²) in [6.45, 7) is 2.71. The number of aryl methyl sites for hydroxylation is 2. The number of hydrogen-bond acceptors (Lipinski definition) is 5. The number of methoxy groups -OCH3 is 1. The summed E-state index contributed by atoms with van der Waals surface area (Å²) in [5, 5.41) is 2.50. The molecule has 2 aromatic carbocycles. The second-order valence-electron chi connectivity index (χ2n) is 6.93. The van der Waals surface area contributed by atoms with Gasteiger partial charge in [-0.15, -0.1) is 0 Å². The van der Waals surface area contributed by atoms with Gasteiger partial charge in [0.15, 0.2) is 0 Å². The molecule has 3 aromatic rings. The Morgan fingerprint density at radius 1 is 1.10 bits per heavy atom. The van der Waals surface area contributed by atoms with Gasteiger partial charge in [-0.1, -0.05) is 6.07 Å². The van der Waals surface area contributed by atoms with Gasteiger partial charge >= 0.3 is 0 Å². The highest BCUT2D eigenvalue weighted by Gasteiger charge is 2.26. The van der Waals surface area contributed by atoms with Crippen LogP contribution in [-0.2, 0) is 21.2 Å². The molecule has 7 nitrogen and oxygen atoms in total. The van der Waals surface area contributed by atoms with Crippen LogP contribution in [0.1, 0.15) is 11.3 Å². The average Bonchev–Trinajstić information content (AvgIpc) is 2.71. The molecule has 0 saturated carbocycles. The van der Waals surface area contributed by atoms with Crippen molar-refractivity contribution in [2.24, 2.45) is 0 Å². The van der Waals surface area contributed by atoms with Crippen LogP contribution in [0.5, 0.6) is 5.75 Å². The maximum Gasteiger partial charge on any atom is 0.270 e. The Morgan fingerprint density at radius 2 is 1.77 bits per heavy atom. The molecule has 0 unspecified atom stereocenters. The maximum absolute atomic E-state index is 13.3. The van der Waals surface area contributed by atoms with Gasteiger partial charge in [0.25, 0.3) is 5.56 Å². The quantitative estimate of drug-likeness (QED) is 0.631. The molecule has 1 N–H and O–H groups in total. The van der Waals surface area contributed by atoms with Crippen molar-refractivity contribution in [2.45, 2.75) is 30.2 Å². The molecule has 0 radical (unpaired) electrons. The summed E-state index contributed by atoms with van der Waals surface area (Å²) in [4.78, 5) is 25.1. The SMILES string of the molecule is COc1ccc(S(=O)(=O)c2c(C)cc(C)n(CC(=O)Nc3cccc(F)c3)c2=O)cc1. The zero-order chi connectivity index (χ0) is 22.8. The minimum Gasteiger partial charge on any atom is -0.497 e. The summed E-state index contributed by atoms with van der Waals surface area (Å²) in [5.74, 6) is -0.632. The van der Waals surface area contributed by atoms with Gasteiger partial charge < -0.3 is 14.6 Å². The summed E-state index contributed by atoms with van der Waals surface area (Å²) in [5.41, 5.74) is 0.127. The lowest BCUT2D eigenvalue weighted by Crippen LogP contribution is -2.33. The van der Waals surface area contributed by atoms with Crippen LogP contribution in [0.2, 0.25) is 0 Å². The number of nitrogens with zero attached hydrogens (tertiary/aromatic N) is 1. The van der Waals surface area contributed by atoms with E-state index < -0.39 is 38.6 Å². The fourth-order valence-electron chi connectivity index (χ4n) is 3.21. The number of carbonyl (C=O) groups is 1. The first-order valence-electron chi connectivity index (χ1n) is 9.29. The second-order valence-corrected chi connectivity index (χ2v) is 8.81. The van der Waals surface area contributed by atoms with Gasteiger partial charge in [-0.2, -0.15) is 0 Å². The number of anilines is 1. The van der Waals surface area contributed by atoms with Crippen LogP contribution in [0.3, 0.4) is 0 Å². The normalized spacial score (nSPS) is 11.2. The van der Waals surface area contributed by atoms with Crippen molar-refractivity contribution in [3.63, 3.8) is 0 Å². The van der Waals surface area contributed by atoms with Gasteiger partial charge in [0.2, 0.25) is 15.7 Å². The van der Waals surface area contributed by atoms with E-state index in [1.165, 1.54) is 62.6 Å². The lowest BCUT2D eigenvalue weighted by Gasteiger charge is -2.15. The molecule has 162 valence electrons. The first kappa shape index (κ1) is 22.2. The van der Waals surface area contributed by atoms with Crippen LogP contribution in [0.15, 0.2) is 69.2 Å². The molecule has 1 heterocycles. The van der Waals surface area contributed by atoms with Gasteiger partial charge in [0.05, 0.1) is 12.0 Å². The lowest BCUT2D eigenvalue weighted by molar-refractivity contribution is -0.116. The summed E-state index contributed by atoms with van der Waals surface area (Å²) < 4.78 is 45.8. The van der Waals surface area contributed by atoms with Crippen LogP contribution in [0.4, 0.5) is 10.1 Å². The molecule has 0 aliphatic carbocycles. The van der Waals surface area contributed by atoms with Crippen molar-refractivity contribution < 1.29 is 22.3 Å². The number of halogens is 1. The Bertz CT molecular complexity index is 1300. The molecule has 3 rings (SSSR count). The van der Waals surface area contributed by atoms with E-state index >= 15 is 0 Å². The molecule has 1 amide bonds. The molecule has 0 fully saturated rings. The first-order chi connectivity index (χ1) is 14.6. The van der Waals surface area contributed by atoms with E-state index in [1.807, 2.05) is 0 Å². The molecule has 0 spiro atoms. The molecule has 0 aliphatic heterocycles. The van der Waals surface area contributed by atoms with Crippen LogP contribution >= 0.6 is 0 Å². The number of benzene rings is 2. The number of amides is 1. The minimum absolute atomic E-state index is 0.0619. The molecule has 1 aromatic heterocycles. The third-order valence-electron chi connectivity index (χ3n) is 4.70. The van der Waals surface area contributed by atoms with Crippen LogP contribution in [0, 0.1) is 19.7 Å². The highest BCUT2D eigenvalue weighted by Crippen LogP contribution is 2.24. The fourth-order valence-corrected chi connectivity index (χ4v) is 4.77. The van der Waals surface area contributed by atoms with Crippen molar-refractivity contribution in [2.75, 3.05) is 12.4 Å². The summed E-state index contributed by atoms with van der Waals surface area (Å²) in [7, 11) is -2.68. The van der Waals surface area contributed by atoms with Crippen molar-refractivity contribution in [3.8, 4) is 5.75 Å². The Labute approximate surface area is 179 Å². The van der Waals surface area contributed by atoms with E-state index in [0.717, 1.165) is 10.6 Å². The number of aromatic nitrogens is 1. The summed E-state index contributed by atoms with van der Waals surface area (Å²) in [6.07, 6.45) is 0. The molecule has 9 heteroatoms.